The molecule has 1 N–H and O–H groups in total. The van der Waals surface area contributed by atoms with E-state index in [-0.39, 0.29) is 6.04 Å². The number of hydrogen-bond donors (Lipinski definition) is 1. The van der Waals surface area contributed by atoms with Crippen molar-refractivity contribution in [3.63, 3.8) is 0 Å². The zero-order chi connectivity index (χ0) is 15.2. The van der Waals surface area contributed by atoms with Gasteiger partial charge in [0.1, 0.15) is 0 Å². The average molecular weight is 292 g/mol. The van der Waals surface area contributed by atoms with Crippen molar-refractivity contribution in [2.75, 3.05) is 27.3 Å². The fourth-order valence-electron chi connectivity index (χ4n) is 1.94. The number of methoxy groups -OCH3 is 1. The highest BCUT2D eigenvalue weighted by atomic mass is 16.5. The minimum atomic E-state index is -0.553. The van der Waals surface area contributed by atoms with Gasteiger partial charge in [-0.2, -0.15) is 4.98 Å². The fraction of sp³-hybridized carbons (Fsp3) is 0.500. The molecule has 0 aliphatic carbocycles. The van der Waals surface area contributed by atoms with Gasteiger partial charge < -0.3 is 14.4 Å². The number of aromatic nitrogens is 3. The first-order valence-electron chi connectivity index (χ1n) is 6.73. The first kappa shape index (κ1) is 15.6. The van der Waals surface area contributed by atoms with Gasteiger partial charge in [0.25, 0.3) is 0 Å². The van der Waals surface area contributed by atoms with Crippen LogP contribution in [0.25, 0.3) is 11.4 Å². The zero-order valence-corrected chi connectivity index (χ0v) is 12.4. The molecule has 7 nitrogen and oxygen atoms in total. The summed E-state index contributed by atoms with van der Waals surface area (Å²) in [7, 11) is 3.45. The maximum atomic E-state index is 9.76. The van der Waals surface area contributed by atoms with Crippen LogP contribution in [0.5, 0.6) is 0 Å². The van der Waals surface area contributed by atoms with Crippen LogP contribution in [0.4, 0.5) is 0 Å². The molecule has 0 bridgehead atoms. The molecule has 0 amide bonds. The average Bonchev–Trinajstić information content (AvgIpc) is 2.97. The molecule has 0 aliphatic rings. The molecule has 7 heteroatoms. The fourth-order valence-corrected chi connectivity index (χ4v) is 1.94. The molecule has 0 saturated carbocycles. The van der Waals surface area contributed by atoms with Crippen LogP contribution in [-0.2, 0) is 4.74 Å². The van der Waals surface area contributed by atoms with Crippen molar-refractivity contribution in [3.8, 4) is 11.4 Å². The second-order valence-electron chi connectivity index (χ2n) is 4.92. The van der Waals surface area contributed by atoms with Crippen LogP contribution in [0.1, 0.15) is 18.9 Å². The van der Waals surface area contributed by atoms with Crippen molar-refractivity contribution in [1.29, 1.82) is 0 Å². The predicted octanol–water partition coefficient (Wildman–Crippen LogP) is 1.13. The largest absolute Gasteiger partial charge is 0.389 e. The molecule has 2 atom stereocenters. The molecule has 2 heterocycles. The van der Waals surface area contributed by atoms with Crippen molar-refractivity contribution in [2.24, 2.45) is 0 Å². The third-order valence-electron chi connectivity index (χ3n) is 3.24. The van der Waals surface area contributed by atoms with E-state index in [1.165, 1.54) is 0 Å². The van der Waals surface area contributed by atoms with Crippen molar-refractivity contribution in [3.05, 3.63) is 30.4 Å². The smallest absolute Gasteiger partial charge is 0.244 e. The minimum absolute atomic E-state index is 0.102. The molecule has 0 fully saturated rings. The molecular weight excluding hydrogens is 272 g/mol. The molecule has 0 aliphatic heterocycles. The number of pyridine rings is 1. The summed E-state index contributed by atoms with van der Waals surface area (Å²) in [5.74, 6) is 1.01. The third-order valence-corrected chi connectivity index (χ3v) is 3.24. The number of hydrogen-bond acceptors (Lipinski definition) is 7. The van der Waals surface area contributed by atoms with E-state index in [9.17, 15) is 5.11 Å². The topological polar surface area (TPSA) is 84.5 Å². The summed E-state index contributed by atoms with van der Waals surface area (Å²) in [6, 6.07) is 3.59. The van der Waals surface area contributed by atoms with Crippen LogP contribution in [0, 0.1) is 0 Å². The van der Waals surface area contributed by atoms with Gasteiger partial charge in [-0.25, -0.2) is 0 Å². The van der Waals surface area contributed by atoms with Crippen LogP contribution in [0.2, 0.25) is 0 Å². The summed E-state index contributed by atoms with van der Waals surface area (Å²) in [6.45, 7) is 2.70. The standard InChI is InChI=1S/C14H20N4O3/c1-10(18(2)8-12(19)9-20-3)14-16-13(17-21-14)11-5-4-6-15-7-11/h4-7,10,12,19H,8-9H2,1-3H3. The Balaban J connectivity index is 2.03. The Hall–Kier alpha value is -1.83. The Bertz CT molecular complexity index is 546. The number of rotatable bonds is 7. The lowest BCUT2D eigenvalue weighted by atomic mass is 10.2. The van der Waals surface area contributed by atoms with Crippen LogP contribution in [0.3, 0.4) is 0 Å². The number of aliphatic hydroxyl groups is 1. The molecule has 0 radical (unpaired) electrons. The van der Waals surface area contributed by atoms with Gasteiger partial charge in [-0.3, -0.25) is 9.88 Å². The molecule has 2 aromatic rings. The molecule has 2 unspecified atom stereocenters. The maximum absolute atomic E-state index is 9.76. The lowest BCUT2D eigenvalue weighted by Crippen LogP contribution is -2.33. The summed E-state index contributed by atoms with van der Waals surface area (Å²) in [5.41, 5.74) is 0.807. The SMILES string of the molecule is COCC(O)CN(C)C(C)c1nc(-c2cccnc2)no1. The summed E-state index contributed by atoms with van der Waals surface area (Å²) in [6.07, 6.45) is 2.83. The van der Waals surface area contributed by atoms with Crippen molar-refractivity contribution >= 4 is 0 Å². The van der Waals surface area contributed by atoms with Crippen molar-refractivity contribution in [1.82, 2.24) is 20.0 Å². The quantitative estimate of drug-likeness (QED) is 0.818. The van der Waals surface area contributed by atoms with Crippen molar-refractivity contribution in [2.45, 2.75) is 19.1 Å². The van der Waals surface area contributed by atoms with Gasteiger partial charge >= 0.3 is 0 Å². The van der Waals surface area contributed by atoms with E-state index in [0.29, 0.717) is 24.9 Å². The first-order valence-corrected chi connectivity index (χ1v) is 6.73. The Labute approximate surface area is 123 Å². The summed E-state index contributed by atoms with van der Waals surface area (Å²) in [5, 5.41) is 13.7. The van der Waals surface area contributed by atoms with Gasteiger partial charge in [0.05, 0.1) is 18.8 Å². The summed E-state index contributed by atoms with van der Waals surface area (Å²) in [4.78, 5) is 10.3. The maximum Gasteiger partial charge on any atom is 0.244 e. The van der Waals surface area contributed by atoms with Gasteiger partial charge in [0, 0.05) is 31.6 Å². The van der Waals surface area contributed by atoms with E-state index in [4.69, 9.17) is 9.26 Å². The Morgan fingerprint density at radius 1 is 1.48 bits per heavy atom. The van der Waals surface area contributed by atoms with Crippen LogP contribution < -0.4 is 0 Å². The Morgan fingerprint density at radius 2 is 2.29 bits per heavy atom. The number of ether oxygens (including phenoxy) is 1. The molecule has 114 valence electrons. The summed E-state index contributed by atoms with van der Waals surface area (Å²) >= 11 is 0. The third kappa shape index (κ3) is 4.07. The van der Waals surface area contributed by atoms with Crippen LogP contribution >= 0.6 is 0 Å². The second-order valence-corrected chi connectivity index (χ2v) is 4.92. The van der Waals surface area contributed by atoms with Crippen molar-refractivity contribution < 1.29 is 14.4 Å². The normalized spacial score (nSPS) is 14.3. The predicted molar refractivity (Wildman–Crippen MR) is 76.5 cm³/mol. The van der Waals surface area contributed by atoms with Gasteiger partial charge in [-0.05, 0) is 26.1 Å². The number of likely N-dealkylation sites (N-methyl/N-ethyl adjacent to an activating group) is 1. The van der Waals surface area contributed by atoms with E-state index in [1.54, 1.807) is 19.5 Å². The molecule has 2 rings (SSSR count). The molecule has 0 saturated heterocycles. The van der Waals surface area contributed by atoms with E-state index in [2.05, 4.69) is 15.1 Å². The minimum Gasteiger partial charge on any atom is -0.389 e. The first-order chi connectivity index (χ1) is 10.1. The lowest BCUT2D eigenvalue weighted by molar-refractivity contribution is 0.0325. The van der Waals surface area contributed by atoms with E-state index < -0.39 is 6.10 Å². The van der Waals surface area contributed by atoms with Crippen LogP contribution in [-0.4, -0.2) is 58.5 Å². The Kier molecular flexibility index (Phi) is 5.38. The van der Waals surface area contributed by atoms with Crippen LogP contribution in [0.15, 0.2) is 29.0 Å². The van der Waals surface area contributed by atoms with E-state index in [0.717, 1.165) is 5.56 Å². The molecule has 21 heavy (non-hydrogen) atoms. The monoisotopic (exact) mass is 292 g/mol. The molecule has 0 spiro atoms. The highest BCUT2D eigenvalue weighted by Crippen LogP contribution is 2.21. The van der Waals surface area contributed by atoms with Gasteiger partial charge in [0.15, 0.2) is 0 Å². The highest BCUT2D eigenvalue weighted by Gasteiger charge is 2.21. The molecule has 0 aromatic carbocycles. The lowest BCUT2D eigenvalue weighted by Gasteiger charge is -2.23. The summed E-state index contributed by atoms with van der Waals surface area (Å²) < 4.78 is 10.2. The number of nitrogens with zero attached hydrogens (tertiary/aromatic N) is 4. The van der Waals surface area contributed by atoms with E-state index >= 15 is 0 Å². The highest BCUT2D eigenvalue weighted by molar-refractivity contribution is 5.51. The number of aliphatic hydroxyl groups excluding tert-OH is 1. The van der Waals surface area contributed by atoms with Gasteiger partial charge in [-0.15, -0.1) is 0 Å². The second kappa shape index (κ2) is 7.26. The molecular formula is C14H20N4O3. The Morgan fingerprint density at radius 3 is 2.95 bits per heavy atom. The zero-order valence-electron chi connectivity index (χ0n) is 12.4. The molecule has 2 aromatic heterocycles. The van der Waals surface area contributed by atoms with E-state index in [1.807, 2.05) is 31.0 Å². The van der Waals surface area contributed by atoms with Gasteiger partial charge in [0.2, 0.25) is 11.7 Å². The van der Waals surface area contributed by atoms with Gasteiger partial charge in [-0.1, -0.05) is 5.16 Å².